The average molecular weight is 512 g/mol. The van der Waals surface area contributed by atoms with E-state index in [-0.39, 0.29) is 40.5 Å². The van der Waals surface area contributed by atoms with Gasteiger partial charge in [-0.15, -0.1) is 0 Å². The van der Waals surface area contributed by atoms with E-state index in [9.17, 15) is 19.5 Å². The lowest BCUT2D eigenvalue weighted by Crippen LogP contribution is -2.49. The van der Waals surface area contributed by atoms with Crippen LogP contribution in [0.3, 0.4) is 0 Å². The van der Waals surface area contributed by atoms with Gasteiger partial charge in [0.05, 0.1) is 11.5 Å². The van der Waals surface area contributed by atoms with Gasteiger partial charge in [0.15, 0.2) is 5.78 Å². The van der Waals surface area contributed by atoms with E-state index >= 15 is 0 Å². The highest BCUT2D eigenvalue weighted by Gasteiger charge is 2.68. The number of carbonyl (C=O) groups excluding carboxylic acids is 3. The molecule has 0 unspecified atom stereocenters. The Morgan fingerprint density at radius 3 is 2.54 bits per heavy atom. The van der Waals surface area contributed by atoms with Crippen LogP contribution in [0, 0.1) is 40.4 Å². The first-order valence-electron chi connectivity index (χ1n) is 14.4. The lowest BCUT2D eigenvalue weighted by molar-refractivity contribution is -0.148. The van der Waals surface area contributed by atoms with E-state index in [0.29, 0.717) is 37.1 Å². The van der Waals surface area contributed by atoms with Crippen LogP contribution in [-0.4, -0.2) is 41.0 Å². The minimum Gasteiger partial charge on any atom is -0.462 e. The minimum atomic E-state index is -1.07. The number of ketones is 1. The molecule has 0 heterocycles. The number of esters is 1. The third kappa shape index (κ3) is 4.04. The fraction of sp³-hybridized carbons (Fsp3) is 0.774. The van der Waals surface area contributed by atoms with Gasteiger partial charge in [0, 0.05) is 26.8 Å². The number of hydrogen-bond acceptors (Lipinski definition) is 5. The second kappa shape index (κ2) is 9.07. The molecule has 204 valence electrons. The van der Waals surface area contributed by atoms with Crippen molar-refractivity contribution < 1.29 is 24.2 Å². The average Bonchev–Trinajstić information content (AvgIpc) is 3.17. The molecule has 5 rings (SSSR count). The summed E-state index contributed by atoms with van der Waals surface area (Å²) < 4.78 is 5.59. The molecule has 0 spiro atoms. The number of aliphatic hydroxyl groups is 1. The van der Waals surface area contributed by atoms with Gasteiger partial charge in [-0.1, -0.05) is 32.4 Å². The molecular formula is C31H45NO5. The number of nitrogens with one attached hydrogen (secondary N) is 1. The van der Waals surface area contributed by atoms with E-state index in [1.807, 2.05) is 6.92 Å². The lowest BCUT2D eigenvalue weighted by atomic mass is 9.47. The molecule has 3 fully saturated rings. The van der Waals surface area contributed by atoms with Crippen LogP contribution in [0.1, 0.15) is 92.9 Å². The van der Waals surface area contributed by atoms with Crippen LogP contribution in [0.5, 0.6) is 0 Å². The van der Waals surface area contributed by atoms with Gasteiger partial charge < -0.3 is 15.2 Å². The van der Waals surface area contributed by atoms with Crippen LogP contribution in [0.4, 0.5) is 0 Å². The fourth-order valence-electron chi connectivity index (χ4n) is 9.68. The Hall–Kier alpha value is -1.95. The van der Waals surface area contributed by atoms with Gasteiger partial charge in [0.1, 0.15) is 6.10 Å². The van der Waals surface area contributed by atoms with E-state index in [1.54, 1.807) is 0 Å². The lowest BCUT2D eigenvalue weighted by Gasteiger charge is -2.57. The van der Waals surface area contributed by atoms with Crippen molar-refractivity contribution in [3.63, 3.8) is 0 Å². The number of ether oxygens (including phenoxy) is 1. The van der Waals surface area contributed by atoms with Gasteiger partial charge in [-0.05, 0) is 97.5 Å². The summed E-state index contributed by atoms with van der Waals surface area (Å²) in [5, 5.41) is 15.2. The second-order valence-corrected chi connectivity index (χ2v) is 13.5. The number of fused-ring (bicyclic) bond motifs is 7. The van der Waals surface area contributed by atoms with E-state index < -0.39 is 11.5 Å². The van der Waals surface area contributed by atoms with E-state index in [2.05, 4.69) is 32.2 Å². The molecular weight excluding hydrogens is 466 g/mol. The van der Waals surface area contributed by atoms with Gasteiger partial charge in [-0.2, -0.15) is 0 Å². The molecule has 0 saturated heterocycles. The standard InChI is InChI=1S/C31H45NO5/c1-17(16-32-19(3)33)13-25-27(35)18(2)28-30(6)12-10-24-23(26(30)15-31(25,28)36)8-7-21-14-22(37-20(4)34)9-11-29(21,24)5/h7,17,22-26,36H,8-16H2,1-6H3,(H,32,33)/t17-,22+,23-,24+,25-,26-,29+,30+,31+/m1/s1. The maximum absolute atomic E-state index is 13.5. The van der Waals surface area contributed by atoms with Crippen LogP contribution in [0.15, 0.2) is 22.8 Å². The third-order valence-corrected chi connectivity index (χ3v) is 11.3. The van der Waals surface area contributed by atoms with Crippen molar-refractivity contribution in [1.29, 1.82) is 0 Å². The predicted octanol–water partition coefficient (Wildman–Crippen LogP) is 4.90. The van der Waals surface area contributed by atoms with E-state index in [1.165, 1.54) is 19.4 Å². The molecule has 0 aromatic rings. The molecule has 0 bridgehead atoms. The maximum atomic E-state index is 13.5. The Morgan fingerprint density at radius 1 is 1.16 bits per heavy atom. The molecule has 9 atom stereocenters. The highest BCUT2D eigenvalue weighted by atomic mass is 16.5. The first kappa shape index (κ1) is 26.6. The fourth-order valence-corrected chi connectivity index (χ4v) is 9.68. The maximum Gasteiger partial charge on any atom is 0.302 e. The van der Waals surface area contributed by atoms with Crippen molar-refractivity contribution in [2.75, 3.05) is 6.54 Å². The quantitative estimate of drug-likeness (QED) is 0.405. The summed E-state index contributed by atoms with van der Waals surface area (Å²) in [5.74, 6) is 0.935. The van der Waals surface area contributed by atoms with Crippen molar-refractivity contribution in [2.45, 2.75) is 105 Å². The molecule has 37 heavy (non-hydrogen) atoms. The van der Waals surface area contributed by atoms with Crippen LogP contribution in [0.2, 0.25) is 0 Å². The summed E-state index contributed by atoms with van der Waals surface area (Å²) in [6, 6.07) is 0. The zero-order valence-electron chi connectivity index (χ0n) is 23.5. The Bertz CT molecular complexity index is 1080. The SMILES string of the molecule is CC(=O)NC[C@H](C)C[C@@H]1C(=O)C(C)=C2[C@]1(O)C[C@@H]1[C@@H]3CC=C4C[C@@H](OC(C)=O)CC[C@]4(C)[C@H]3CC[C@]21C. The molecule has 0 aliphatic heterocycles. The summed E-state index contributed by atoms with van der Waals surface area (Å²) >= 11 is 0. The van der Waals surface area contributed by atoms with Gasteiger partial charge >= 0.3 is 5.97 Å². The first-order valence-corrected chi connectivity index (χ1v) is 14.4. The van der Waals surface area contributed by atoms with Crippen LogP contribution < -0.4 is 5.32 Å². The molecule has 1 amide bonds. The predicted molar refractivity (Wildman–Crippen MR) is 141 cm³/mol. The highest BCUT2D eigenvalue weighted by molar-refractivity contribution is 6.02. The van der Waals surface area contributed by atoms with Crippen LogP contribution in [-0.2, 0) is 19.1 Å². The summed E-state index contributed by atoms with van der Waals surface area (Å²) in [5.41, 5.74) is 2.18. The number of allylic oxidation sites excluding steroid dienone is 2. The molecule has 0 aromatic carbocycles. The summed E-state index contributed by atoms with van der Waals surface area (Å²) in [4.78, 5) is 36.5. The molecule has 5 aliphatic carbocycles. The largest absolute Gasteiger partial charge is 0.462 e. The summed E-state index contributed by atoms with van der Waals surface area (Å²) in [6.45, 7) is 12.3. The first-order chi connectivity index (χ1) is 17.3. The van der Waals surface area contributed by atoms with Gasteiger partial charge in [-0.25, -0.2) is 0 Å². The smallest absolute Gasteiger partial charge is 0.302 e. The van der Waals surface area contributed by atoms with Gasteiger partial charge in [0.2, 0.25) is 5.91 Å². The molecule has 6 heteroatoms. The van der Waals surface area contributed by atoms with Gasteiger partial charge in [0.25, 0.3) is 0 Å². The zero-order valence-corrected chi connectivity index (χ0v) is 23.5. The Kier molecular flexibility index (Phi) is 6.53. The Balaban J connectivity index is 1.42. The summed E-state index contributed by atoms with van der Waals surface area (Å²) in [7, 11) is 0. The monoisotopic (exact) mass is 511 g/mol. The molecule has 2 N–H and O–H groups in total. The summed E-state index contributed by atoms with van der Waals surface area (Å²) in [6.07, 6.45) is 9.58. The van der Waals surface area contributed by atoms with Gasteiger partial charge in [-0.3, -0.25) is 14.4 Å². The van der Waals surface area contributed by atoms with E-state index in [0.717, 1.165) is 49.7 Å². The molecule has 0 radical (unpaired) electrons. The minimum absolute atomic E-state index is 0.00663. The van der Waals surface area contributed by atoms with Crippen molar-refractivity contribution in [3.05, 3.63) is 22.8 Å². The number of Topliss-reactive ketones (excluding diaryl/α,β-unsaturated/α-hetero) is 1. The number of carbonyl (C=O) groups is 3. The van der Waals surface area contributed by atoms with Crippen molar-refractivity contribution >= 4 is 17.7 Å². The number of hydrogen-bond donors (Lipinski definition) is 2. The molecule has 5 aliphatic rings. The van der Waals surface area contributed by atoms with Crippen LogP contribution in [0.25, 0.3) is 0 Å². The Morgan fingerprint density at radius 2 is 1.86 bits per heavy atom. The number of amides is 1. The normalized spacial score (nSPS) is 43.3. The number of rotatable bonds is 5. The van der Waals surface area contributed by atoms with Crippen molar-refractivity contribution in [2.24, 2.45) is 40.4 Å². The van der Waals surface area contributed by atoms with Crippen molar-refractivity contribution in [3.8, 4) is 0 Å². The highest BCUT2D eigenvalue weighted by Crippen LogP contribution is 2.71. The van der Waals surface area contributed by atoms with E-state index in [4.69, 9.17) is 4.74 Å². The Labute approximate surface area is 221 Å². The molecule has 6 nitrogen and oxygen atoms in total. The third-order valence-electron chi connectivity index (χ3n) is 11.3. The second-order valence-electron chi connectivity index (χ2n) is 13.5. The zero-order chi connectivity index (χ0) is 26.9. The van der Waals surface area contributed by atoms with Crippen LogP contribution >= 0.6 is 0 Å². The topological polar surface area (TPSA) is 92.7 Å². The molecule has 0 aromatic heterocycles. The van der Waals surface area contributed by atoms with Crippen molar-refractivity contribution in [1.82, 2.24) is 5.32 Å². The molecule has 3 saturated carbocycles.